The van der Waals surface area contributed by atoms with Gasteiger partial charge in [-0.05, 0) is 44.5 Å². The molecule has 0 radical (unpaired) electrons. The van der Waals surface area contributed by atoms with Crippen molar-refractivity contribution in [3.8, 4) is 0 Å². The summed E-state index contributed by atoms with van der Waals surface area (Å²) in [6.45, 7) is 5.39. The Kier molecular flexibility index (Phi) is 5.58. The van der Waals surface area contributed by atoms with Gasteiger partial charge in [-0.25, -0.2) is 0 Å². The highest BCUT2D eigenvalue weighted by molar-refractivity contribution is 5.92. The fourth-order valence-electron chi connectivity index (χ4n) is 3.87. The molecule has 0 spiro atoms. The molecule has 3 heterocycles. The number of hydrogen-bond donors (Lipinski definition) is 1. The highest BCUT2D eigenvalue weighted by atomic mass is 16.5. The second-order valence-electron chi connectivity index (χ2n) is 7.28. The Hall–Kier alpha value is -1.37. The molecule has 2 aliphatic heterocycles. The maximum absolute atomic E-state index is 12.0. The molecule has 24 heavy (non-hydrogen) atoms. The number of aromatic amines is 1. The van der Waals surface area contributed by atoms with Crippen LogP contribution in [0.3, 0.4) is 0 Å². The topological polar surface area (TPSA) is 51.8 Å². The Bertz CT molecular complexity index is 551. The van der Waals surface area contributed by atoms with E-state index in [2.05, 4.69) is 14.8 Å². The second kappa shape index (κ2) is 7.68. The number of nitrogens with zero attached hydrogens (tertiary/aromatic N) is 3. The van der Waals surface area contributed by atoms with E-state index in [-0.39, 0.29) is 5.91 Å². The normalized spacial score (nSPS) is 25.5. The van der Waals surface area contributed by atoms with Gasteiger partial charge in [-0.15, -0.1) is 0 Å². The number of nitrogens with one attached hydrogen (secondary N) is 1. The minimum atomic E-state index is 0.0195. The number of H-pyrrole nitrogens is 1. The Balaban J connectivity index is 1.63. The van der Waals surface area contributed by atoms with Gasteiger partial charge in [0.05, 0.1) is 6.10 Å². The lowest BCUT2D eigenvalue weighted by Crippen LogP contribution is -2.39. The standard InChI is InChI=1S/C18H30N4O2/c1-20(2)18(23)17-7-6-14(19-17)11-22-13-16(24-3)10-15(22)12-21-8-4-5-9-21/h6-7,15-16,19H,4-5,8-13H2,1-3H3/t15-,16-/m0/s1. The minimum Gasteiger partial charge on any atom is -0.380 e. The van der Waals surface area contributed by atoms with Gasteiger partial charge in [0.25, 0.3) is 5.91 Å². The Morgan fingerprint density at radius 2 is 2.08 bits per heavy atom. The Labute approximate surface area is 144 Å². The number of carbonyl (C=O) groups excluding carboxylic acids is 1. The van der Waals surface area contributed by atoms with E-state index in [1.54, 1.807) is 19.0 Å². The molecule has 0 bridgehead atoms. The lowest BCUT2D eigenvalue weighted by Gasteiger charge is -2.27. The van der Waals surface area contributed by atoms with Gasteiger partial charge in [0, 0.05) is 52.6 Å². The van der Waals surface area contributed by atoms with Gasteiger partial charge in [0.1, 0.15) is 5.69 Å². The minimum absolute atomic E-state index is 0.0195. The zero-order chi connectivity index (χ0) is 17.1. The first kappa shape index (κ1) is 17.5. The molecule has 0 aliphatic carbocycles. The molecule has 0 unspecified atom stereocenters. The summed E-state index contributed by atoms with van der Waals surface area (Å²) in [5.74, 6) is 0.0195. The van der Waals surface area contributed by atoms with E-state index in [1.165, 1.54) is 25.9 Å². The maximum atomic E-state index is 12.0. The van der Waals surface area contributed by atoms with Gasteiger partial charge in [0.2, 0.25) is 0 Å². The van der Waals surface area contributed by atoms with E-state index in [0.29, 0.717) is 17.8 Å². The summed E-state index contributed by atoms with van der Waals surface area (Å²) < 4.78 is 5.62. The van der Waals surface area contributed by atoms with Gasteiger partial charge in [0.15, 0.2) is 0 Å². The van der Waals surface area contributed by atoms with Crippen LogP contribution in [0.1, 0.15) is 35.4 Å². The predicted molar refractivity (Wildman–Crippen MR) is 94.1 cm³/mol. The van der Waals surface area contributed by atoms with Crippen LogP contribution in [0.5, 0.6) is 0 Å². The molecule has 2 atom stereocenters. The van der Waals surface area contributed by atoms with Crippen LogP contribution in [0.2, 0.25) is 0 Å². The molecule has 134 valence electrons. The van der Waals surface area contributed by atoms with E-state index >= 15 is 0 Å². The van der Waals surface area contributed by atoms with E-state index in [1.807, 2.05) is 19.2 Å². The third-order valence-electron chi connectivity index (χ3n) is 5.25. The first-order valence-corrected chi connectivity index (χ1v) is 8.95. The summed E-state index contributed by atoms with van der Waals surface area (Å²) in [6.07, 6.45) is 4.06. The molecule has 3 rings (SSSR count). The third kappa shape index (κ3) is 3.99. The van der Waals surface area contributed by atoms with Crippen LogP contribution in [0.4, 0.5) is 0 Å². The number of rotatable bonds is 6. The average molecular weight is 334 g/mol. The number of aromatic nitrogens is 1. The molecular formula is C18H30N4O2. The fourth-order valence-corrected chi connectivity index (χ4v) is 3.87. The van der Waals surface area contributed by atoms with Crippen molar-refractivity contribution in [2.75, 3.05) is 47.4 Å². The van der Waals surface area contributed by atoms with Gasteiger partial charge < -0.3 is 19.5 Å². The molecule has 6 nitrogen and oxygen atoms in total. The number of amides is 1. The number of hydrogen-bond acceptors (Lipinski definition) is 4. The van der Waals surface area contributed by atoms with Crippen molar-refractivity contribution in [3.05, 3.63) is 23.5 Å². The molecule has 1 amide bonds. The number of likely N-dealkylation sites (tertiary alicyclic amines) is 2. The summed E-state index contributed by atoms with van der Waals surface area (Å²) >= 11 is 0. The smallest absolute Gasteiger partial charge is 0.269 e. The highest BCUT2D eigenvalue weighted by Gasteiger charge is 2.33. The molecule has 0 aromatic carbocycles. The zero-order valence-corrected chi connectivity index (χ0v) is 15.1. The van der Waals surface area contributed by atoms with Crippen LogP contribution in [0.15, 0.2) is 12.1 Å². The van der Waals surface area contributed by atoms with Gasteiger partial charge >= 0.3 is 0 Å². The lowest BCUT2D eigenvalue weighted by atomic mass is 10.2. The number of ether oxygens (including phenoxy) is 1. The van der Waals surface area contributed by atoms with Crippen LogP contribution in [-0.2, 0) is 11.3 Å². The van der Waals surface area contributed by atoms with Crippen molar-refractivity contribution in [3.63, 3.8) is 0 Å². The van der Waals surface area contributed by atoms with E-state index in [0.717, 1.165) is 31.7 Å². The van der Waals surface area contributed by atoms with Crippen molar-refractivity contribution < 1.29 is 9.53 Å². The van der Waals surface area contributed by atoms with Gasteiger partial charge in [-0.1, -0.05) is 0 Å². The van der Waals surface area contributed by atoms with Crippen LogP contribution < -0.4 is 0 Å². The van der Waals surface area contributed by atoms with Crippen LogP contribution in [-0.4, -0.2) is 85.1 Å². The quantitative estimate of drug-likeness (QED) is 0.854. The van der Waals surface area contributed by atoms with Crippen molar-refractivity contribution in [2.45, 2.75) is 38.0 Å². The summed E-state index contributed by atoms with van der Waals surface area (Å²) in [7, 11) is 5.36. The Morgan fingerprint density at radius 3 is 2.75 bits per heavy atom. The fraction of sp³-hybridized carbons (Fsp3) is 0.722. The first-order valence-electron chi connectivity index (χ1n) is 8.95. The SMILES string of the molecule is CO[C@H]1C[C@@H](CN2CCCC2)N(Cc2ccc(C(=O)N(C)C)[nH]2)C1. The first-order chi connectivity index (χ1) is 11.6. The average Bonchev–Trinajstić information content (AvgIpc) is 3.29. The molecular weight excluding hydrogens is 304 g/mol. The molecule has 1 aromatic rings. The predicted octanol–water partition coefficient (Wildman–Crippen LogP) is 1.40. The summed E-state index contributed by atoms with van der Waals surface area (Å²) in [4.78, 5) is 22.0. The summed E-state index contributed by atoms with van der Waals surface area (Å²) in [6, 6.07) is 4.45. The molecule has 2 saturated heterocycles. The number of carbonyl (C=O) groups is 1. The zero-order valence-electron chi connectivity index (χ0n) is 15.1. The molecule has 6 heteroatoms. The molecule has 1 N–H and O–H groups in total. The van der Waals surface area contributed by atoms with E-state index in [4.69, 9.17) is 4.74 Å². The van der Waals surface area contributed by atoms with Crippen molar-refractivity contribution in [1.29, 1.82) is 0 Å². The van der Waals surface area contributed by atoms with Gasteiger partial charge in [-0.2, -0.15) is 0 Å². The molecule has 2 aliphatic rings. The summed E-state index contributed by atoms with van der Waals surface area (Å²) in [5, 5.41) is 0. The molecule has 0 saturated carbocycles. The molecule has 2 fully saturated rings. The monoisotopic (exact) mass is 334 g/mol. The summed E-state index contributed by atoms with van der Waals surface area (Å²) in [5.41, 5.74) is 1.76. The second-order valence-corrected chi connectivity index (χ2v) is 7.28. The largest absolute Gasteiger partial charge is 0.380 e. The van der Waals surface area contributed by atoms with Crippen LogP contribution in [0.25, 0.3) is 0 Å². The van der Waals surface area contributed by atoms with E-state index < -0.39 is 0 Å². The van der Waals surface area contributed by atoms with Crippen LogP contribution in [0, 0.1) is 0 Å². The van der Waals surface area contributed by atoms with E-state index in [9.17, 15) is 4.79 Å². The highest BCUT2D eigenvalue weighted by Crippen LogP contribution is 2.24. The van der Waals surface area contributed by atoms with Crippen LogP contribution >= 0.6 is 0 Å². The lowest BCUT2D eigenvalue weighted by molar-refractivity contribution is 0.0822. The Morgan fingerprint density at radius 1 is 1.33 bits per heavy atom. The van der Waals surface area contributed by atoms with Crippen molar-refractivity contribution >= 4 is 5.91 Å². The maximum Gasteiger partial charge on any atom is 0.269 e. The molecule has 1 aromatic heterocycles. The van der Waals surface area contributed by atoms with Crippen molar-refractivity contribution in [1.82, 2.24) is 19.7 Å². The third-order valence-corrected chi connectivity index (χ3v) is 5.25. The number of methoxy groups -OCH3 is 1. The van der Waals surface area contributed by atoms with Crippen molar-refractivity contribution in [2.24, 2.45) is 0 Å². The van der Waals surface area contributed by atoms with Gasteiger partial charge in [-0.3, -0.25) is 9.69 Å².